The number of benzene rings is 2. The Morgan fingerprint density at radius 1 is 1.17 bits per heavy atom. The summed E-state index contributed by atoms with van der Waals surface area (Å²) in [5.41, 5.74) is 2.13. The van der Waals surface area contributed by atoms with Crippen LogP contribution in [0.3, 0.4) is 0 Å². The molecule has 0 aliphatic rings. The van der Waals surface area contributed by atoms with Gasteiger partial charge in [-0.3, -0.25) is 0 Å². The van der Waals surface area contributed by atoms with Crippen LogP contribution in [0, 0.1) is 0 Å². The molecule has 0 bridgehead atoms. The Hall–Kier alpha value is -2.86. The van der Waals surface area contributed by atoms with Gasteiger partial charge in [-0.1, -0.05) is 41.9 Å². The van der Waals surface area contributed by atoms with Crippen LogP contribution in [-0.2, 0) is 0 Å². The third-order valence-electron chi connectivity index (χ3n) is 3.55. The van der Waals surface area contributed by atoms with Crippen LogP contribution >= 0.6 is 11.6 Å². The molecule has 1 N–H and O–H groups in total. The van der Waals surface area contributed by atoms with Crippen LogP contribution in [0.25, 0.3) is 16.8 Å². The van der Waals surface area contributed by atoms with Crippen molar-refractivity contribution in [2.45, 2.75) is 0 Å². The van der Waals surface area contributed by atoms with Crippen LogP contribution in [-0.4, -0.2) is 39.9 Å². The average Bonchev–Trinajstić information content (AvgIpc) is 3.05. The highest BCUT2D eigenvalue weighted by molar-refractivity contribution is 6.35. The van der Waals surface area contributed by atoms with E-state index in [0.29, 0.717) is 11.6 Å². The van der Waals surface area contributed by atoms with Gasteiger partial charge in [0.1, 0.15) is 6.33 Å². The zero-order valence-electron chi connectivity index (χ0n) is 13.1. The number of hydrogen-bond donors (Lipinski definition) is 1. The van der Waals surface area contributed by atoms with Crippen LogP contribution in [0.1, 0.15) is 10.4 Å². The van der Waals surface area contributed by atoms with Crippen LogP contribution in [0.2, 0.25) is 5.02 Å². The Morgan fingerprint density at radius 3 is 2.50 bits per heavy atom. The van der Waals surface area contributed by atoms with Gasteiger partial charge in [0, 0.05) is 14.1 Å². The average molecular weight is 343 g/mol. The summed E-state index contributed by atoms with van der Waals surface area (Å²) in [6.45, 7) is 0. The molecule has 1 aromatic heterocycles. The van der Waals surface area contributed by atoms with E-state index in [1.54, 1.807) is 11.0 Å². The summed E-state index contributed by atoms with van der Waals surface area (Å²) < 4.78 is 1.53. The Kier molecular flexibility index (Phi) is 4.22. The fraction of sp³-hybridized carbons (Fsp3) is 0.118. The Balaban J connectivity index is 2.27. The molecule has 6 nitrogen and oxygen atoms in total. The molecule has 122 valence electrons. The second-order valence-corrected chi connectivity index (χ2v) is 5.77. The van der Waals surface area contributed by atoms with E-state index in [1.807, 2.05) is 50.5 Å². The maximum atomic E-state index is 11.6. The van der Waals surface area contributed by atoms with Gasteiger partial charge in [0.15, 0.2) is 0 Å². The van der Waals surface area contributed by atoms with Gasteiger partial charge in [-0.25, -0.2) is 4.79 Å². The topological polar surface area (TPSA) is 71.2 Å². The van der Waals surface area contributed by atoms with Crippen LogP contribution in [0.5, 0.6) is 0 Å². The molecule has 1 heterocycles. The van der Waals surface area contributed by atoms with Gasteiger partial charge in [0.05, 0.1) is 16.3 Å². The number of carboxylic acids is 1. The second kappa shape index (κ2) is 6.33. The van der Waals surface area contributed by atoms with Crippen molar-refractivity contribution in [3.8, 4) is 16.8 Å². The molecule has 0 saturated heterocycles. The molecule has 2 aromatic carbocycles. The van der Waals surface area contributed by atoms with Crippen molar-refractivity contribution in [2.24, 2.45) is 0 Å². The number of aromatic nitrogens is 3. The van der Waals surface area contributed by atoms with Gasteiger partial charge < -0.3 is 10.0 Å². The Labute approximate surface area is 143 Å². The minimum absolute atomic E-state index is 0.0215. The van der Waals surface area contributed by atoms with Crippen molar-refractivity contribution in [3.05, 3.63) is 59.4 Å². The summed E-state index contributed by atoms with van der Waals surface area (Å²) in [4.78, 5) is 17.6. The third-order valence-corrected chi connectivity index (χ3v) is 3.95. The standard InChI is InChI=1S/C17H15ClN4O2/c1-21(2)17-19-10-20-22(17)14-9-12(11-6-4-3-5-7-11)8-13(15(14)18)16(23)24/h3-10H,1-2H3,(H,23,24). The van der Waals surface area contributed by atoms with E-state index >= 15 is 0 Å². The number of aromatic carboxylic acids is 1. The molecule has 7 heteroatoms. The van der Waals surface area contributed by atoms with Gasteiger partial charge in [-0.05, 0) is 23.3 Å². The van der Waals surface area contributed by atoms with Gasteiger partial charge >= 0.3 is 5.97 Å². The SMILES string of the molecule is CN(C)c1ncnn1-c1cc(-c2ccccc2)cc(C(=O)O)c1Cl. The Morgan fingerprint density at radius 2 is 1.88 bits per heavy atom. The highest BCUT2D eigenvalue weighted by atomic mass is 35.5. The maximum absolute atomic E-state index is 11.6. The number of nitrogens with zero attached hydrogens (tertiary/aromatic N) is 4. The first-order valence-corrected chi connectivity index (χ1v) is 7.57. The normalized spacial score (nSPS) is 10.6. The van der Waals surface area contributed by atoms with Gasteiger partial charge in [-0.2, -0.15) is 14.8 Å². The maximum Gasteiger partial charge on any atom is 0.337 e. The van der Waals surface area contributed by atoms with Crippen molar-refractivity contribution in [3.63, 3.8) is 0 Å². The fourth-order valence-corrected chi connectivity index (χ4v) is 2.70. The van der Waals surface area contributed by atoms with E-state index in [9.17, 15) is 9.90 Å². The number of rotatable bonds is 4. The molecule has 24 heavy (non-hydrogen) atoms. The number of carbonyl (C=O) groups is 1. The molecule has 0 radical (unpaired) electrons. The number of carboxylic acid groups (broad SMARTS) is 1. The predicted octanol–water partition coefficient (Wildman–Crippen LogP) is 3.35. The molecule has 0 unspecified atom stereocenters. The van der Waals surface area contributed by atoms with Gasteiger partial charge in [0.25, 0.3) is 0 Å². The summed E-state index contributed by atoms with van der Waals surface area (Å²) >= 11 is 6.34. The molecule has 0 spiro atoms. The van der Waals surface area contributed by atoms with Crippen molar-refractivity contribution in [1.82, 2.24) is 14.8 Å². The monoisotopic (exact) mass is 342 g/mol. The summed E-state index contributed by atoms with van der Waals surface area (Å²) in [5.74, 6) is -0.538. The van der Waals surface area contributed by atoms with Gasteiger partial charge in [-0.15, -0.1) is 0 Å². The van der Waals surface area contributed by atoms with E-state index in [0.717, 1.165) is 11.1 Å². The van der Waals surface area contributed by atoms with Crippen LogP contribution < -0.4 is 4.90 Å². The number of anilines is 1. The van der Waals surface area contributed by atoms with Crippen molar-refractivity contribution >= 4 is 23.5 Å². The lowest BCUT2D eigenvalue weighted by atomic mass is 10.0. The minimum Gasteiger partial charge on any atom is -0.478 e. The molecule has 0 fully saturated rings. The lowest BCUT2D eigenvalue weighted by molar-refractivity contribution is 0.0697. The Bertz CT molecular complexity index is 891. The van der Waals surface area contributed by atoms with Crippen LogP contribution in [0.15, 0.2) is 48.8 Å². The summed E-state index contributed by atoms with van der Waals surface area (Å²) in [6.07, 6.45) is 1.40. The second-order valence-electron chi connectivity index (χ2n) is 5.39. The molecule has 3 rings (SSSR count). The predicted molar refractivity (Wildman–Crippen MR) is 93.1 cm³/mol. The molecule has 3 aromatic rings. The van der Waals surface area contributed by atoms with E-state index in [2.05, 4.69) is 10.1 Å². The lowest BCUT2D eigenvalue weighted by Crippen LogP contribution is -2.16. The van der Waals surface area contributed by atoms with Crippen molar-refractivity contribution < 1.29 is 9.90 Å². The fourth-order valence-electron chi connectivity index (χ4n) is 2.43. The van der Waals surface area contributed by atoms with E-state index in [1.165, 1.54) is 11.0 Å². The van der Waals surface area contributed by atoms with E-state index < -0.39 is 5.97 Å². The molecule has 0 aliphatic heterocycles. The molecule has 0 saturated carbocycles. The summed E-state index contributed by atoms with van der Waals surface area (Å²) in [5, 5.41) is 13.8. The van der Waals surface area contributed by atoms with Crippen molar-refractivity contribution in [1.29, 1.82) is 0 Å². The molecular formula is C17H15ClN4O2. The zero-order chi connectivity index (χ0) is 17.3. The summed E-state index contributed by atoms with van der Waals surface area (Å²) in [7, 11) is 3.65. The summed E-state index contributed by atoms with van der Waals surface area (Å²) in [6, 6.07) is 12.9. The van der Waals surface area contributed by atoms with E-state index in [-0.39, 0.29) is 10.6 Å². The van der Waals surface area contributed by atoms with Crippen molar-refractivity contribution in [2.75, 3.05) is 19.0 Å². The molecule has 0 atom stereocenters. The lowest BCUT2D eigenvalue weighted by Gasteiger charge is -2.16. The van der Waals surface area contributed by atoms with Gasteiger partial charge in [0.2, 0.25) is 5.95 Å². The smallest absolute Gasteiger partial charge is 0.337 e. The highest BCUT2D eigenvalue weighted by Gasteiger charge is 2.19. The molecule has 0 aliphatic carbocycles. The first-order valence-electron chi connectivity index (χ1n) is 7.19. The number of hydrogen-bond acceptors (Lipinski definition) is 4. The largest absolute Gasteiger partial charge is 0.478 e. The third kappa shape index (κ3) is 2.83. The first-order chi connectivity index (χ1) is 11.5. The first kappa shape index (κ1) is 16.0. The molecule has 0 amide bonds. The quantitative estimate of drug-likeness (QED) is 0.787. The number of halogens is 1. The van der Waals surface area contributed by atoms with E-state index in [4.69, 9.17) is 11.6 Å². The minimum atomic E-state index is -1.09. The molecular weight excluding hydrogens is 328 g/mol. The highest BCUT2D eigenvalue weighted by Crippen LogP contribution is 2.32. The zero-order valence-corrected chi connectivity index (χ0v) is 13.9. The van der Waals surface area contributed by atoms with Crippen LogP contribution in [0.4, 0.5) is 5.95 Å².